The second-order valence-corrected chi connectivity index (χ2v) is 7.29. The Bertz CT molecular complexity index is 897. The van der Waals surface area contributed by atoms with Crippen molar-refractivity contribution in [3.8, 4) is 5.75 Å². The molecule has 0 saturated carbocycles. The van der Waals surface area contributed by atoms with E-state index in [9.17, 15) is 13.6 Å². The van der Waals surface area contributed by atoms with Gasteiger partial charge in [0.1, 0.15) is 11.9 Å². The van der Waals surface area contributed by atoms with Crippen molar-refractivity contribution in [2.75, 3.05) is 19.8 Å². The molecular formula is C21H22F2N2O3. The van der Waals surface area contributed by atoms with Gasteiger partial charge in [-0.2, -0.15) is 0 Å². The van der Waals surface area contributed by atoms with Gasteiger partial charge in [-0.05, 0) is 24.6 Å². The molecule has 4 rings (SSSR count). The first-order valence-corrected chi connectivity index (χ1v) is 9.48. The summed E-state index contributed by atoms with van der Waals surface area (Å²) in [5.41, 5.74) is 2.54. The molecule has 1 aromatic heterocycles. The van der Waals surface area contributed by atoms with E-state index in [0.29, 0.717) is 50.1 Å². The van der Waals surface area contributed by atoms with E-state index in [1.54, 1.807) is 11.1 Å². The molecule has 1 fully saturated rings. The van der Waals surface area contributed by atoms with Crippen LogP contribution in [0.4, 0.5) is 8.78 Å². The molecule has 0 unspecified atom stereocenters. The molecule has 0 bridgehead atoms. The number of nitrogens with zero attached hydrogens (tertiary/aromatic N) is 2. The summed E-state index contributed by atoms with van der Waals surface area (Å²) in [5, 5.41) is 0. The van der Waals surface area contributed by atoms with E-state index in [-0.39, 0.29) is 24.3 Å². The standard InChI is InChI=1S/C21H22F2N2O3/c1-13-8-17-19(24-11-13)2-5-25(21(17)26)12-14-9-15(22)10-18(23)20(14)28-16-3-6-27-7-4-16/h8-11,16H,2-7,12H2,1H3. The number of aromatic nitrogens is 1. The van der Waals surface area contributed by atoms with E-state index in [1.807, 2.05) is 13.0 Å². The Hall–Kier alpha value is -2.54. The van der Waals surface area contributed by atoms with Crippen molar-refractivity contribution in [1.29, 1.82) is 0 Å². The Labute approximate surface area is 162 Å². The van der Waals surface area contributed by atoms with Gasteiger partial charge in [-0.15, -0.1) is 0 Å². The van der Waals surface area contributed by atoms with Gasteiger partial charge in [0.05, 0.1) is 24.5 Å². The fourth-order valence-corrected chi connectivity index (χ4v) is 3.67. The Morgan fingerprint density at radius 3 is 2.82 bits per heavy atom. The monoisotopic (exact) mass is 388 g/mol. The number of pyridine rings is 1. The predicted molar refractivity (Wildman–Crippen MR) is 98.2 cm³/mol. The molecule has 1 amide bonds. The SMILES string of the molecule is Cc1cnc2c(c1)C(=O)N(Cc1cc(F)cc(F)c1OC1CCOCC1)CC2. The summed E-state index contributed by atoms with van der Waals surface area (Å²) in [5.74, 6) is -1.59. The third-order valence-electron chi connectivity index (χ3n) is 5.14. The minimum atomic E-state index is -0.746. The van der Waals surface area contributed by atoms with Crippen molar-refractivity contribution in [2.24, 2.45) is 0 Å². The zero-order valence-electron chi connectivity index (χ0n) is 15.7. The van der Waals surface area contributed by atoms with Gasteiger partial charge in [-0.25, -0.2) is 8.78 Å². The quantitative estimate of drug-likeness (QED) is 0.805. The zero-order chi connectivity index (χ0) is 19.7. The molecule has 0 atom stereocenters. The summed E-state index contributed by atoms with van der Waals surface area (Å²) < 4.78 is 39.6. The lowest BCUT2D eigenvalue weighted by Gasteiger charge is -2.30. The summed E-state index contributed by atoms with van der Waals surface area (Å²) in [7, 11) is 0. The summed E-state index contributed by atoms with van der Waals surface area (Å²) in [6.45, 7) is 3.50. The Kier molecular flexibility index (Phi) is 5.26. The molecule has 5 nitrogen and oxygen atoms in total. The highest BCUT2D eigenvalue weighted by Crippen LogP contribution is 2.30. The molecule has 7 heteroatoms. The zero-order valence-corrected chi connectivity index (χ0v) is 15.7. The summed E-state index contributed by atoms with van der Waals surface area (Å²) in [6, 6.07) is 3.87. The highest BCUT2D eigenvalue weighted by atomic mass is 19.1. The van der Waals surface area contributed by atoms with Crippen LogP contribution in [-0.2, 0) is 17.7 Å². The van der Waals surface area contributed by atoms with Crippen molar-refractivity contribution >= 4 is 5.91 Å². The number of ether oxygens (including phenoxy) is 2. The number of rotatable bonds is 4. The van der Waals surface area contributed by atoms with E-state index in [2.05, 4.69) is 4.98 Å². The van der Waals surface area contributed by atoms with Crippen molar-refractivity contribution in [3.05, 3.63) is 58.4 Å². The van der Waals surface area contributed by atoms with Crippen LogP contribution < -0.4 is 4.74 Å². The van der Waals surface area contributed by atoms with Gasteiger partial charge in [-0.1, -0.05) is 0 Å². The molecular weight excluding hydrogens is 366 g/mol. The summed E-state index contributed by atoms with van der Waals surface area (Å²) in [4.78, 5) is 18.8. The van der Waals surface area contributed by atoms with Gasteiger partial charge in [0.25, 0.3) is 5.91 Å². The minimum Gasteiger partial charge on any atom is -0.487 e. The normalized spacial score (nSPS) is 17.5. The summed E-state index contributed by atoms with van der Waals surface area (Å²) in [6.07, 6.45) is 3.46. The first-order chi connectivity index (χ1) is 13.5. The van der Waals surface area contributed by atoms with Gasteiger partial charge < -0.3 is 14.4 Å². The van der Waals surface area contributed by atoms with Crippen LogP contribution in [0, 0.1) is 18.6 Å². The topological polar surface area (TPSA) is 51.7 Å². The number of carbonyl (C=O) groups is 1. The Balaban J connectivity index is 1.59. The van der Waals surface area contributed by atoms with Crippen molar-refractivity contribution < 1.29 is 23.0 Å². The third-order valence-corrected chi connectivity index (χ3v) is 5.14. The number of hydrogen-bond donors (Lipinski definition) is 0. The maximum absolute atomic E-state index is 14.5. The second kappa shape index (κ2) is 7.83. The van der Waals surface area contributed by atoms with Crippen molar-refractivity contribution in [2.45, 2.75) is 38.8 Å². The maximum atomic E-state index is 14.5. The fraction of sp³-hybridized carbons (Fsp3) is 0.429. The summed E-state index contributed by atoms with van der Waals surface area (Å²) >= 11 is 0. The van der Waals surface area contributed by atoms with Crippen LogP contribution in [0.5, 0.6) is 5.75 Å². The molecule has 2 aromatic rings. The predicted octanol–water partition coefficient (Wildman–Crippen LogP) is 3.42. The smallest absolute Gasteiger partial charge is 0.256 e. The molecule has 2 aliphatic rings. The van der Waals surface area contributed by atoms with Gasteiger partial charge >= 0.3 is 0 Å². The van der Waals surface area contributed by atoms with E-state index in [0.717, 1.165) is 17.3 Å². The Morgan fingerprint density at radius 1 is 1.25 bits per heavy atom. The average Bonchev–Trinajstić information content (AvgIpc) is 2.68. The third kappa shape index (κ3) is 3.85. The van der Waals surface area contributed by atoms with Crippen LogP contribution in [0.2, 0.25) is 0 Å². The van der Waals surface area contributed by atoms with Crippen LogP contribution >= 0.6 is 0 Å². The lowest BCUT2D eigenvalue weighted by molar-refractivity contribution is 0.0232. The van der Waals surface area contributed by atoms with Gasteiger partial charge in [0, 0.05) is 50.2 Å². The molecule has 0 aliphatic carbocycles. The van der Waals surface area contributed by atoms with E-state index >= 15 is 0 Å². The highest BCUT2D eigenvalue weighted by Gasteiger charge is 2.28. The van der Waals surface area contributed by atoms with Crippen LogP contribution in [-0.4, -0.2) is 41.7 Å². The second-order valence-electron chi connectivity index (χ2n) is 7.29. The molecule has 1 saturated heterocycles. The van der Waals surface area contributed by atoms with Gasteiger partial charge in [0.15, 0.2) is 11.6 Å². The van der Waals surface area contributed by atoms with E-state index < -0.39 is 11.6 Å². The molecule has 0 radical (unpaired) electrons. The number of hydrogen-bond acceptors (Lipinski definition) is 4. The Morgan fingerprint density at radius 2 is 2.04 bits per heavy atom. The van der Waals surface area contributed by atoms with Crippen LogP contribution in [0.25, 0.3) is 0 Å². The average molecular weight is 388 g/mol. The number of amides is 1. The molecule has 148 valence electrons. The molecule has 1 aromatic carbocycles. The number of carbonyl (C=O) groups excluding carboxylic acids is 1. The van der Waals surface area contributed by atoms with E-state index in [4.69, 9.17) is 9.47 Å². The van der Waals surface area contributed by atoms with Crippen molar-refractivity contribution in [1.82, 2.24) is 9.88 Å². The van der Waals surface area contributed by atoms with Crippen LogP contribution in [0.15, 0.2) is 24.4 Å². The van der Waals surface area contributed by atoms with E-state index in [1.165, 1.54) is 6.07 Å². The lowest BCUT2D eigenvalue weighted by Crippen LogP contribution is -2.38. The number of benzene rings is 1. The number of aryl methyl sites for hydroxylation is 1. The lowest BCUT2D eigenvalue weighted by atomic mass is 10.0. The van der Waals surface area contributed by atoms with Gasteiger partial charge in [-0.3, -0.25) is 9.78 Å². The molecule has 3 heterocycles. The van der Waals surface area contributed by atoms with Crippen LogP contribution in [0.1, 0.15) is 40.0 Å². The van der Waals surface area contributed by atoms with Crippen LogP contribution in [0.3, 0.4) is 0 Å². The van der Waals surface area contributed by atoms with Crippen molar-refractivity contribution in [3.63, 3.8) is 0 Å². The van der Waals surface area contributed by atoms with Gasteiger partial charge in [0.2, 0.25) is 0 Å². The maximum Gasteiger partial charge on any atom is 0.256 e. The first-order valence-electron chi connectivity index (χ1n) is 9.48. The number of fused-ring (bicyclic) bond motifs is 1. The largest absolute Gasteiger partial charge is 0.487 e. The molecule has 2 aliphatic heterocycles. The molecule has 0 N–H and O–H groups in total. The molecule has 28 heavy (non-hydrogen) atoms. The first kappa shape index (κ1) is 18.8. The highest BCUT2D eigenvalue weighted by molar-refractivity contribution is 5.96. The fourth-order valence-electron chi connectivity index (χ4n) is 3.67. The molecule has 0 spiro atoms. The minimum absolute atomic E-state index is 0.0225. The number of halogens is 2.